The van der Waals surface area contributed by atoms with Crippen LogP contribution in [0.4, 0.5) is 15.9 Å². The molecule has 1 N–H and O–H groups in total. The maximum atomic E-state index is 13.7. The van der Waals surface area contributed by atoms with Gasteiger partial charge in [0.25, 0.3) is 5.69 Å². The summed E-state index contributed by atoms with van der Waals surface area (Å²) in [6, 6.07) is 3.15. The van der Waals surface area contributed by atoms with E-state index in [2.05, 4.69) is 15.3 Å². The van der Waals surface area contributed by atoms with Crippen LogP contribution < -0.4 is 10.1 Å². The van der Waals surface area contributed by atoms with E-state index in [4.69, 9.17) is 4.74 Å². The van der Waals surface area contributed by atoms with Crippen LogP contribution in [0.3, 0.4) is 0 Å². The third-order valence-electron chi connectivity index (χ3n) is 2.61. The Morgan fingerprint density at radius 2 is 2.15 bits per heavy atom. The van der Waals surface area contributed by atoms with Crippen LogP contribution in [-0.4, -0.2) is 21.9 Å². The minimum Gasteiger partial charge on any atom is -0.435 e. The molecule has 7 nitrogen and oxygen atoms in total. The van der Waals surface area contributed by atoms with Crippen LogP contribution in [0, 0.1) is 22.9 Å². The summed E-state index contributed by atoms with van der Waals surface area (Å²) >= 11 is 0. The largest absolute Gasteiger partial charge is 0.435 e. The van der Waals surface area contributed by atoms with E-state index in [9.17, 15) is 14.5 Å². The van der Waals surface area contributed by atoms with Gasteiger partial charge in [-0.15, -0.1) is 0 Å². The van der Waals surface area contributed by atoms with Crippen LogP contribution in [-0.2, 0) is 0 Å². The first-order chi connectivity index (χ1) is 9.52. The molecule has 8 heteroatoms. The molecule has 1 heterocycles. The van der Waals surface area contributed by atoms with Crippen molar-refractivity contribution in [3.05, 3.63) is 46.0 Å². The highest BCUT2D eigenvalue weighted by Crippen LogP contribution is 2.29. The quantitative estimate of drug-likeness (QED) is 0.683. The first-order valence-electron chi connectivity index (χ1n) is 5.64. The molecule has 104 valence electrons. The Balaban J connectivity index is 2.33. The van der Waals surface area contributed by atoms with Crippen LogP contribution >= 0.6 is 0 Å². The van der Waals surface area contributed by atoms with Gasteiger partial charge in [-0.25, -0.2) is 14.4 Å². The topological polar surface area (TPSA) is 90.2 Å². The number of aromatic nitrogens is 2. The fourth-order valence-corrected chi connectivity index (χ4v) is 1.58. The van der Waals surface area contributed by atoms with Crippen molar-refractivity contribution < 1.29 is 14.1 Å². The van der Waals surface area contributed by atoms with Gasteiger partial charge >= 0.3 is 0 Å². The summed E-state index contributed by atoms with van der Waals surface area (Å²) in [5.41, 5.74) is 0.262. The van der Waals surface area contributed by atoms with Crippen molar-refractivity contribution in [1.29, 1.82) is 0 Å². The predicted octanol–water partition coefficient (Wildman–Crippen LogP) is 2.67. The molecule has 0 aliphatic rings. The van der Waals surface area contributed by atoms with E-state index in [-0.39, 0.29) is 17.3 Å². The smallest absolute Gasteiger partial charge is 0.272 e. The lowest BCUT2D eigenvalue weighted by molar-refractivity contribution is -0.385. The minimum atomic E-state index is -0.830. The molecule has 0 saturated heterocycles. The molecule has 1 aromatic carbocycles. The summed E-state index contributed by atoms with van der Waals surface area (Å²) in [5.74, 6) is -0.239. The van der Waals surface area contributed by atoms with E-state index in [0.29, 0.717) is 11.4 Å². The summed E-state index contributed by atoms with van der Waals surface area (Å²) in [6.07, 6.45) is 1.28. The summed E-state index contributed by atoms with van der Waals surface area (Å²) < 4.78 is 19.1. The minimum absolute atomic E-state index is 0.139. The second-order valence-electron chi connectivity index (χ2n) is 3.88. The predicted molar refractivity (Wildman–Crippen MR) is 69.4 cm³/mol. The van der Waals surface area contributed by atoms with Gasteiger partial charge in [0.15, 0.2) is 11.6 Å². The van der Waals surface area contributed by atoms with Crippen LogP contribution in [0.2, 0.25) is 0 Å². The standard InChI is InChI=1S/C12H11FN4O3/c1-7-11(14-2)15-6-16-12(7)20-10-4-3-8(17(18)19)5-9(10)13/h3-6H,1-2H3,(H,14,15,16). The normalized spacial score (nSPS) is 10.2. The van der Waals surface area contributed by atoms with Crippen LogP contribution in [0.25, 0.3) is 0 Å². The zero-order valence-corrected chi connectivity index (χ0v) is 10.8. The van der Waals surface area contributed by atoms with E-state index in [0.717, 1.165) is 12.1 Å². The number of rotatable bonds is 4. The zero-order valence-electron chi connectivity index (χ0n) is 10.8. The van der Waals surface area contributed by atoms with Gasteiger partial charge in [0, 0.05) is 13.1 Å². The number of benzene rings is 1. The Hall–Kier alpha value is -2.77. The molecule has 0 amide bonds. The molecular weight excluding hydrogens is 267 g/mol. The zero-order chi connectivity index (χ0) is 14.7. The van der Waals surface area contributed by atoms with Crippen molar-refractivity contribution in [3.8, 4) is 11.6 Å². The van der Waals surface area contributed by atoms with E-state index in [1.54, 1.807) is 14.0 Å². The molecule has 0 unspecified atom stereocenters. The first kappa shape index (κ1) is 13.7. The lowest BCUT2D eigenvalue weighted by Crippen LogP contribution is -2.00. The van der Waals surface area contributed by atoms with E-state index >= 15 is 0 Å². The Bertz CT molecular complexity index is 663. The second kappa shape index (κ2) is 5.47. The molecule has 20 heavy (non-hydrogen) atoms. The highest BCUT2D eigenvalue weighted by atomic mass is 19.1. The molecule has 2 aromatic rings. The van der Waals surface area contributed by atoms with Crippen molar-refractivity contribution >= 4 is 11.5 Å². The maximum absolute atomic E-state index is 13.7. The Morgan fingerprint density at radius 3 is 2.75 bits per heavy atom. The fraction of sp³-hybridized carbons (Fsp3) is 0.167. The van der Waals surface area contributed by atoms with Crippen LogP contribution in [0.15, 0.2) is 24.5 Å². The number of anilines is 1. The number of nitro groups is 1. The molecule has 0 saturated carbocycles. The van der Waals surface area contributed by atoms with Crippen molar-refractivity contribution in [1.82, 2.24) is 9.97 Å². The number of hydrogen-bond donors (Lipinski definition) is 1. The van der Waals surface area contributed by atoms with Gasteiger partial charge in [-0.1, -0.05) is 0 Å². The van der Waals surface area contributed by atoms with Crippen molar-refractivity contribution in [2.24, 2.45) is 0 Å². The molecular formula is C12H11FN4O3. The van der Waals surface area contributed by atoms with Crippen molar-refractivity contribution in [2.45, 2.75) is 6.92 Å². The number of halogens is 1. The lowest BCUT2D eigenvalue weighted by atomic mass is 10.3. The first-order valence-corrected chi connectivity index (χ1v) is 5.64. The highest BCUT2D eigenvalue weighted by Gasteiger charge is 2.14. The summed E-state index contributed by atoms with van der Waals surface area (Å²) in [5, 5.41) is 13.4. The molecule has 0 bridgehead atoms. The number of non-ortho nitro benzene ring substituents is 1. The number of ether oxygens (including phenoxy) is 1. The molecule has 0 aliphatic carbocycles. The van der Waals surface area contributed by atoms with Gasteiger partial charge in [0.2, 0.25) is 5.88 Å². The average Bonchev–Trinajstić information content (AvgIpc) is 2.43. The van der Waals surface area contributed by atoms with Crippen molar-refractivity contribution in [2.75, 3.05) is 12.4 Å². The second-order valence-corrected chi connectivity index (χ2v) is 3.88. The number of nitrogens with one attached hydrogen (secondary N) is 1. The molecule has 0 spiro atoms. The van der Waals surface area contributed by atoms with Crippen LogP contribution in [0.1, 0.15) is 5.56 Å². The molecule has 0 radical (unpaired) electrons. The Morgan fingerprint density at radius 1 is 1.40 bits per heavy atom. The van der Waals surface area contributed by atoms with Crippen molar-refractivity contribution in [3.63, 3.8) is 0 Å². The number of nitrogens with zero attached hydrogens (tertiary/aromatic N) is 3. The molecule has 0 atom stereocenters. The van der Waals surface area contributed by atoms with Gasteiger partial charge in [-0.2, -0.15) is 0 Å². The fourth-order valence-electron chi connectivity index (χ4n) is 1.58. The van der Waals surface area contributed by atoms with Gasteiger partial charge in [0.1, 0.15) is 12.1 Å². The third kappa shape index (κ3) is 2.63. The third-order valence-corrected chi connectivity index (χ3v) is 2.61. The molecule has 2 rings (SSSR count). The average molecular weight is 278 g/mol. The van der Waals surface area contributed by atoms with E-state index < -0.39 is 10.7 Å². The van der Waals surface area contributed by atoms with E-state index in [1.807, 2.05) is 0 Å². The highest BCUT2D eigenvalue weighted by molar-refractivity contribution is 5.48. The lowest BCUT2D eigenvalue weighted by Gasteiger charge is -2.10. The van der Waals surface area contributed by atoms with Gasteiger partial charge < -0.3 is 10.1 Å². The Labute approximate surface area is 113 Å². The molecule has 1 aromatic heterocycles. The van der Waals surface area contributed by atoms with Gasteiger partial charge in [-0.05, 0) is 13.0 Å². The SMILES string of the molecule is CNc1ncnc(Oc2ccc([N+](=O)[O-])cc2F)c1C. The summed E-state index contributed by atoms with van der Waals surface area (Å²) in [6.45, 7) is 1.71. The maximum Gasteiger partial charge on any atom is 0.272 e. The van der Waals surface area contributed by atoms with Crippen LogP contribution in [0.5, 0.6) is 11.6 Å². The molecule has 0 aliphatic heterocycles. The Kier molecular flexibility index (Phi) is 3.74. The van der Waals surface area contributed by atoms with Gasteiger partial charge in [-0.3, -0.25) is 10.1 Å². The number of hydrogen-bond acceptors (Lipinski definition) is 6. The van der Waals surface area contributed by atoms with E-state index in [1.165, 1.54) is 12.4 Å². The monoisotopic (exact) mass is 278 g/mol. The summed E-state index contributed by atoms with van der Waals surface area (Å²) in [7, 11) is 1.69. The van der Waals surface area contributed by atoms with Gasteiger partial charge in [0.05, 0.1) is 16.6 Å². The number of nitro benzene ring substituents is 1. The summed E-state index contributed by atoms with van der Waals surface area (Å²) in [4.78, 5) is 17.7. The molecule has 0 fully saturated rings.